The first kappa shape index (κ1) is 18.9. The Morgan fingerprint density at radius 2 is 2.00 bits per heavy atom. The van der Waals surface area contributed by atoms with Gasteiger partial charge in [-0.3, -0.25) is 9.78 Å². The van der Waals surface area contributed by atoms with E-state index in [0.717, 1.165) is 11.8 Å². The van der Waals surface area contributed by atoms with Crippen molar-refractivity contribution in [3.63, 3.8) is 0 Å². The third-order valence-electron chi connectivity index (χ3n) is 6.90. The zero-order valence-electron chi connectivity index (χ0n) is 15.9. The molecule has 3 aliphatic rings. The van der Waals surface area contributed by atoms with Gasteiger partial charge in [0.2, 0.25) is 15.9 Å². The fourth-order valence-electron chi connectivity index (χ4n) is 5.36. The second kappa shape index (κ2) is 7.51. The molecule has 6 nitrogen and oxygen atoms in total. The Balaban J connectivity index is 1.30. The average Bonchev–Trinajstić information content (AvgIpc) is 3.32. The highest BCUT2D eigenvalue weighted by Crippen LogP contribution is 2.49. The first-order chi connectivity index (χ1) is 12.9. The summed E-state index contributed by atoms with van der Waals surface area (Å²) in [6.07, 6.45) is 9.39. The maximum atomic E-state index is 12.7. The molecule has 0 aromatic carbocycles. The Kier molecular flexibility index (Phi) is 5.25. The molecule has 2 saturated carbocycles. The van der Waals surface area contributed by atoms with Crippen molar-refractivity contribution in [1.82, 2.24) is 14.6 Å². The second-order valence-corrected chi connectivity index (χ2v) is 10.4. The molecule has 1 aromatic heterocycles. The standard InChI is InChI=1S/C20H29N3O3S/c1-14(19-12-15-4-5-17(19)11-15)22-20(24)16-6-9-23(10-7-16)27(25,26)18-3-2-8-21-13-18/h2-3,8,13-17,19H,4-7,9-12H2,1H3,(H,22,24)/t14-,15+,17+,19+/m1/s1. The van der Waals surface area contributed by atoms with Crippen LogP contribution in [-0.2, 0) is 14.8 Å². The third-order valence-corrected chi connectivity index (χ3v) is 8.78. The van der Waals surface area contributed by atoms with Crippen LogP contribution in [-0.4, -0.2) is 42.7 Å². The molecule has 148 valence electrons. The van der Waals surface area contributed by atoms with Crippen LogP contribution in [0.2, 0.25) is 0 Å². The minimum Gasteiger partial charge on any atom is -0.353 e. The summed E-state index contributed by atoms with van der Waals surface area (Å²) < 4.78 is 26.8. The van der Waals surface area contributed by atoms with E-state index in [2.05, 4.69) is 17.2 Å². The van der Waals surface area contributed by atoms with Gasteiger partial charge in [0.1, 0.15) is 4.90 Å². The van der Waals surface area contributed by atoms with Crippen molar-refractivity contribution in [2.45, 2.75) is 56.4 Å². The normalized spacial score (nSPS) is 30.3. The molecule has 0 unspecified atom stereocenters. The summed E-state index contributed by atoms with van der Waals surface area (Å²) in [6.45, 7) is 2.92. The smallest absolute Gasteiger partial charge is 0.244 e. The summed E-state index contributed by atoms with van der Waals surface area (Å²) in [5.74, 6) is 2.30. The van der Waals surface area contributed by atoms with Crippen LogP contribution in [0.25, 0.3) is 0 Å². The zero-order chi connectivity index (χ0) is 19.0. The highest BCUT2D eigenvalue weighted by molar-refractivity contribution is 7.89. The van der Waals surface area contributed by atoms with Gasteiger partial charge in [0.25, 0.3) is 0 Å². The summed E-state index contributed by atoms with van der Waals surface area (Å²) in [5.41, 5.74) is 0. The molecule has 0 radical (unpaired) electrons. The number of pyridine rings is 1. The number of carbonyl (C=O) groups is 1. The van der Waals surface area contributed by atoms with Crippen molar-refractivity contribution in [1.29, 1.82) is 0 Å². The molecule has 1 saturated heterocycles. The predicted molar refractivity (Wildman–Crippen MR) is 102 cm³/mol. The van der Waals surface area contributed by atoms with Gasteiger partial charge < -0.3 is 5.32 Å². The molecule has 4 rings (SSSR count). The summed E-state index contributed by atoms with van der Waals surface area (Å²) in [5, 5.41) is 3.24. The maximum Gasteiger partial charge on any atom is 0.244 e. The molecule has 4 atom stereocenters. The van der Waals surface area contributed by atoms with Crippen molar-refractivity contribution in [2.24, 2.45) is 23.7 Å². The van der Waals surface area contributed by atoms with E-state index >= 15 is 0 Å². The van der Waals surface area contributed by atoms with Crippen molar-refractivity contribution in [3.05, 3.63) is 24.5 Å². The highest BCUT2D eigenvalue weighted by atomic mass is 32.2. The molecule has 1 aliphatic heterocycles. The van der Waals surface area contributed by atoms with Crippen LogP contribution in [0.5, 0.6) is 0 Å². The number of piperidine rings is 1. The van der Waals surface area contributed by atoms with Gasteiger partial charge in [-0.1, -0.05) is 6.42 Å². The van der Waals surface area contributed by atoms with Crippen molar-refractivity contribution < 1.29 is 13.2 Å². The van der Waals surface area contributed by atoms with Crippen LogP contribution in [0.3, 0.4) is 0 Å². The second-order valence-electron chi connectivity index (χ2n) is 8.50. The van der Waals surface area contributed by atoms with Gasteiger partial charge in [0.05, 0.1) is 0 Å². The van der Waals surface area contributed by atoms with Gasteiger partial charge in [0.15, 0.2) is 0 Å². The Bertz CT molecular complexity index is 775. The summed E-state index contributed by atoms with van der Waals surface area (Å²) in [6, 6.07) is 3.42. The number of hydrogen-bond donors (Lipinski definition) is 1. The number of carbonyl (C=O) groups excluding carboxylic acids is 1. The first-order valence-electron chi connectivity index (χ1n) is 10.2. The monoisotopic (exact) mass is 391 g/mol. The molecule has 2 aliphatic carbocycles. The van der Waals surface area contributed by atoms with E-state index in [1.165, 1.54) is 36.2 Å². The number of rotatable bonds is 5. The summed E-state index contributed by atoms with van der Waals surface area (Å²) >= 11 is 0. The number of fused-ring (bicyclic) bond motifs is 2. The number of nitrogens with one attached hydrogen (secondary N) is 1. The molecule has 2 heterocycles. The molecule has 2 bridgehead atoms. The van der Waals surface area contributed by atoms with E-state index in [1.54, 1.807) is 18.3 Å². The molecule has 7 heteroatoms. The number of sulfonamides is 1. The van der Waals surface area contributed by atoms with Gasteiger partial charge in [0, 0.05) is 37.4 Å². The van der Waals surface area contributed by atoms with E-state index in [0.29, 0.717) is 31.8 Å². The molecule has 1 amide bonds. The van der Waals surface area contributed by atoms with Crippen LogP contribution >= 0.6 is 0 Å². The van der Waals surface area contributed by atoms with Crippen molar-refractivity contribution in [2.75, 3.05) is 13.1 Å². The number of amides is 1. The fraction of sp³-hybridized carbons (Fsp3) is 0.700. The van der Waals surface area contributed by atoms with Gasteiger partial charge in [-0.25, -0.2) is 8.42 Å². The van der Waals surface area contributed by atoms with Gasteiger partial charge in [-0.05, 0) is 68.9 Å². The Labute approximate surface area is 161 Å². The molecule has 1 N–H and O–H groups in total. The molecule has 27 heavy (non-hydrogen) atoms. The third kappa shape index (κ3) is 3.76. The maximum absolute atomic E-state index is 12.7. The van der Waals surface area contributed by atoms with E-state index in [9.17, 15) is 13.2 Å². The fourth-order valence-corrected chi connectivity index (χ4v) is 6.80. The topological polar surface area (TPSA) is 79.4 Å². The van der Waals surface area contributed by atoms with Crippen LogP contribution in [0.4, 0.5) is 0 Å². The lowest BCUT2D eigenvalue weighted by Gasteiger charge is -2.33. The zero-order valence-corrected chi connectivity index (χ0v) is 16.7. The summed E-state index contributed by atoms with van der Waals surface area (Å²) in [4.78, 5) is 16.8. The molecule has 1 aromatic rings. The Hall–Kier alpha value is -1.47. The van der Waals surface area contributed by atoms with Crippen molar-refractivity contribution in [3.8, 4) is 0 Å². The van der Waals surface area contributed by atoms with Crippen LogP contribution in [0.1, 0.15) is 45.4 Å². The molecule has 3 fully saturated rings. The van der Waals surface area contributed by atoms with Gasteiger partial charge >= 0.3 is 0 Å². The lowest BCUT2D eigenvalue weighted by atomic mass is 9.83. The quantitative estimate of drug-likeness (QED) is 0.836. The SMILES string of the molecule is C[C@@H](NC(=O)C1CCN(S(=O)(=O)c2cccnc2)CC1)[C@@H]1C[C@H]2CC[C@H]1C2. The van der Waals surface area contributed by atoms with Crippen LogP contribution in [0, 0.1) is 23.7 Å². The molecule has 0 spiro atoms. The lowest BCUT2D eigenvalue weighted by Crippen LogP contribution is -2.47. The first-order valence-corrected chi connectivity index (χ1v) is 11.6. The van der Waals surface area contributed by atoms with E-state index in [4.69, 9.17) is 0 Å². The number of aromatic nitrogens is 1. The van der Waals surface area contributed by atoms with E-state index < -0.39 is 10.0 Å². The van der Waals surface area contributed by atoms with Crippen molar-refractivity contribution >= 4 is 15.9 Å². The summed E-state index contributed by atoms with van der Waals surface area (Å²) in [7, 11) is -3.51. The molecular formula is C20H29N3O3S. The van der Waals surface area contributed by atoms with E-state index in [-0.39, 0.29) is 22.8 Å². The molecular weight excluding hydrogens is 362 g/mol. The van der Waals surface area contributed by atoms with Crippen LogP contribution < -0.4 is 5.32 Å². The predicted octanol–water partition coefficient (Wildman–Crippen LogP) is 2.42. The Morgan fingerprint density at radius 3 is 2.59 bits per heavy atom. The lowest BCUT2D eigenvalue weighted by molar-refractivity contribution is -0.127. The van der Waals surface area contributed by atoms with Gasteiger partial charge in [-0.15, -0.1) is 0 Å². The number of hydrogen-bond acceptors (Lipinski definition) is 4. The van der Waals surface area contributed by atoms with Gasteiger partial charge in [-0.2, -0.15) is 4.31 Å². The van der Waals surface area contributed by atoms with E-state index in [1.807, 2.05) is 0 Å². The highest BCUT2D eigenvalue weighted by Gasteiger charge is 2.42. The average molecular weight is 392 g/mol. The minimum atomic E-state index is -3.51. The largest absolute Gasteiger partial charge is 0.353 e. The Morgan fingerprint density at radius 1 is 1.22 bits per heavy atom. The van der Waals surface area contributed by atoms with Crippen LogP contribution in [0.15, 0.2) is 29.4 Å². The minimum absolute atomic E-state index is 0.0913. The number of nitrogens with zero attached hydrogens (tertiary/aromatic N) is 2.